The van der Waals surface area contributed by atoms with E-state index >= 15 is 0 Å². The average Bonchev–Trinajstić information content (AvgIpc) is 2.65. The van der Waals surface area contributed by atoms with E-state index in [2.05, 4.69) is 0 Å². The van der Waals surface area contributed by atoms with Crippen LogP contribution in [-0.2, 0) is 11.3 Å². The molecule has 0 aliphatic rings. The topological polar surface area (TPSA) is 102 Å². The van der Waals surface area contributed by atoms with Gasteiger partial charge < -0.3 is 14.6 Å². The summed E-state index contributed by atoms with van der Waals surface area (Å²) in [5, 5.41) is 20.0. The number of carbonyl (C=O) groups excluding carboxylic acids is 1. The van der Waals surface area contributed by atoms with E-state index in [4.69, 9.17) is 9.47 Å². The van der Waals surface area contributed by atoms with Crippen molar-refractivity contribution in [1.82, 2.24) is 4.57 Å². The first-order chi connectivity index (χ1) is 13.0. The largest absolute Gasteiger partial charge is 0.494 e. The molecule has 27 heavy (non-hydrogen) atoms. The maximum Gasteiger partial charge on any atom is 0.271 e. The van der Waals surface area contributed by atoms with Crippen LogP contribution in [0.1, 0.15) is 40.4 Å². The number of carbonyl (C=O) groups is 1. The van der Waals surface area contributed by atoms with Crippen molar-refractivity contribution in [3.05, 3.63) is 56.9 Å². The molecule has 2 rings (SSSR count). The van der Waals surface area contributed by atoms with Crippen LogP contribution in [-0.4, -0.2) is 35.8 Å². The van der Waals surface area contributed by atoms with Crippen molar-refractivity contribution in [2.75, 3.05) is 20.3 Å². The monoisotopic (exact) mass is 370 g/mol. The lowest BCUT2D eigenvalue weighted by molar-refractivity contribution is 0.103. The third-order valence-electron chi connectivity index (χ3n) is 4.18. The van der Waals surface area contributed by atoms with E-state index in [0.29, 0.717) is 30.9 Å². The SMILES string of the molecule is CCOc1ccc(C(=O)c2c(C)c(C#N)c(=O)n(CCCOC)c2O)cc1. The van der Waals surface area contributed by atoms with E-state index < -0.39 is 17.2 Å². The molecule has 7 heteroatoms. The molecule has 0 aliphatic carbocycles. The predicted octanol–water partition coefficient (Wildman–Crippen LogP) is 2.40. The van der Waals surface area contributed by atoms with E-state index in [9.17, 15) is 20.0 Å². The smallest absolute Gasteiger partial charge is 0.271 e. The molecule has 0 saturated carbocycles. The second-order valence-corrected chi connectivity index (χ2v) is 5.90. The Bertz CT molecular complexity index is 923. The zero-order valence-corrected chi connectivity index (χ0v) is 15.6. The summed E-state index contributed by atoms with van der Waals surface area (Å²) in [4.78, 5) is 25.4. The minimum atomic E-state index is -0.619. The zero-order chi connectivity index (χ0) is 20.0. The molecule has 0 atom stereocenters. The minimum absolute atomic E-state index is 0.0484. The van der Waals surface area contributed by atoms with Crippen molar-refractivity contribution in [3.63, 3.8) is 0 Å². The third-order valence-corrected chi connectivity index (χ3v) is 4.18. The Balaban J connectivity index is 2.54. The highest BCUT2D eigenvalue weighted by Gasteiger charge is 2.24. The van der Waals surface area contributed by atoms with Gasteiger partial charge in [-0.05, 0) is 50.1 Å². The summed E-state index contributed by atoms with van der Waals surface area (Å²) >= 11 is 0. The lowest BCUT2D eigenvalue weighted by Crippen LogP contribution is -2.27. The van der Waals surface area contributed by atoms with E-state index in [0.717, 1.165) is 4.57 Å². The summed E-state index contributed by atoms with van der Waals surface area (Å²) in [5.74, 6) is -0.284. The molecule has 1 aromatic heterocycles. The Kier molecular flexibility index (Phi) is 6.74. The number of pyridine rings is 1. The third kappa shape index (κ3) is 4.18. The number of nitrogens with zero attached hydrogens (tertiary/aromatic N) is 2. The molecule has 0 radical (unpaired) electrons. The Labute approximate surface area is 157 Å². The number of nitriles is 1. The quantitative estimate of drug-likeness (QED) is 0.565. The van der Waals surface area contributed by atoms with Gasteiger partial charge in [-0.2, -0.15) is 5.26 Å². The van der Waals surface area contributed by atoms with Gasteiger partial charge in [0.1, 0.15) is 17.4 Å². The molecular formula is C20H22N2O5. The van der Waals surface area contributed by atoms with Gasteiger partial charge in [-0.15, -0.1) is 0 Å². The van der Waals surface area contributed by atoms with Gasteiger partial charge in [-0.1, -0.05) is 0 Å². The fraction of sp³-hybridized carbons (Fsp3) is 0.350. The highest BCUT2D eigenvalue weighted by atomic mass is 16.5. The van der Waals surface area contributed by atoms with Crippen molar-refractivity contribution >= 4 is 5.78 Å². The van der Waals surface area contributed by atoms with E-state index in [1.54, 1.807) is 24.3 Å². The molecule has 0 fully saturated rings. The second-order valence-electron chi connectivity index (χ2n) is 5.90. The molecule has 0 saturated heterocycles. The Morgan fingerprint density at radius 1 is 1.30 bits per heavy atom. The molecule has 2 aromatic rings. The molecule has 0 amide bonds. The summed E-state index contributed by atoms with van der Waals surface area (Å²) < 4.78 is 11.4. The standard InChI is InChI=1S/C20H22N2O5/c1-4-27-15-8-6-14(7-9-15)18(23)17-13(2)16(12-21)19(24)22(20(17)25)10-5-11-26-3/h6-9,25H,4-5,10-11H2,1-3H3. The molecule has 1 heterocycles. The van der Waals surface area contributed by atoms with Crippen molar-refractivity contribution in [1.29, 1.82) is 5.26 Å². The van der Waals surface area contributed by atoms with Gasteiger partial charge in [-0.3, -0.25) is 14.2 Å². The van der Waals surface area contributed by atoms with Crippen molar-refractivity contribution in [3.8, 4) is 17.7 Å². The Morgan fingerprint density at radius 2 is 1.96 bits per heavy atom. The Morgan fingerprint density at radius 3 is 2.52 bits per heavy atom. The van der Waals surface area contributed by atoms with Gasteiger partial charge in [0.2, 0.25) is 5.88 Å². The number of aromatic nitrogens is 1. The van der Waals surface area contributed by atoms with Crippen LogP contribution < -0.4 is 10.3 Å². The number of ketones is 1. The molecular weight excluding hydrogens is 348 g/mol. The molecule has 7 nitrogen and oxygen atoms in total. The number of rotatable bonds is 8. The maximum atomic E-state index is 13.0. The van der Waals surface area contributed by atoms with Crippen molar-refractivity contribution < 1.29 is 19.4 Å². The van der Waals surface area contributed by atoms with Gasteiger partial charge in [0.25, 0.3) is 5.56 Å². The van der Waals surface area contributed by atoms with Crippen LogP contribution in [0.5, 0.6) is 11.6 Å². The van der Waals surface area contributed by atoms with E-state index in [-0.39, 0.29) is 23.2 Å². The fourth-order valence-electron chi connectivity index (χ4n) is 2.81. The summed E-state index contributed by atoms with van der Waals surface area (Å²) in [6, 6.07) is 8.32. The highest BCUT2D eigenvalue weighted by Crippen LogP contribution is 2.26. The molecule has 0 aliphatic heterocycles. The summed E-state index contributed by atoms with van der Waals surface area (Å²) in [5.41, 5.74) is -0.330. The van der Waals surface area contributed by atoms with Gasteiger partial charge in [0.05, 0.1) is 12.2 Å². The normalized spacial score (nSPS) is 10.4. The van der Waals surface area contributed by atoms with E-state index in [1.165, 1.54) is 14.0 Å². The zero-order valence-electron chi connectivity index (χ0n) is 15.6. The van der Waals surface area contributed by atoms with Crippen molar-refractivity contribution in [2.45, 2.75) is 26.8 Å². The lowest BCUT2D eigenvalue weighted by Gasteiger charge is -2.15. The summed E-state index contributed by atoms with van der Waals surface area (Å²) in [6.07, 6.45) is 0.453. The van der Waals surface area contributed by atoms with Crippen LogP contribution in [0, 0.1) is 18.3 Å². The van der Waals surface area contributed by atoms with Gasteiger partial charge in [-0.25, -0.2) is 0 Å². The van der Waals surface area contributed by atoms with Gasteiger partial charge in [0, 0.05) is 25.8 Å². The van der Waals surface area contributed by atoms with Gasteiger partial charge >= 0.3 is 0 Å². The predicted molar refractivity (Wildman–Crippen MR) is 99.4 cm³/mol. The number of hydrogen-bond acceptors (Lipinski definition) is 6. The van der Waals surface area contributed by atoms with Crippen LogP contribution >= 0.6 is 0 Å². The van der Waals surface area contributed by atoms with Crippen LogP contribution in [0.15, 0.2) is 29.1 Å². The van der Waals surface area contributed by atoms with Gasteiger partial charge in [0.15, 0.2) is 5.78 Å². The first-order valence-electron chi connectivity index (χ1n) is 8.59. The lowest BCUT2D eigenvalue weighted by atomic mass is 9.97. The fourth-order valence-corrected chi connectivity index (χ4v) is 2.81. The highest BCUT2D eigenvalue weighted by molar-refractivity contribution is 6.11. The van der Waals surface area contributed by atoms with Crippen LogP contribution in [0.25, 0.3) is 0 Å². The van der Waals surface area contributed by atoms with E-state index in [1.807, 2.05) is 13.0 Å². The van der Waals surface area contributed by atoms with Crippen LogP contribution in [0.3, 0.4) is 0 Å². The molecule has 142 valence electrons. The molecule has 1 aromatic carbocycles. The summed E-state index contributed by atoms with van der Waals surface area (Å²) in [6.45, 7) is 4.36. The Hall–Kier alpha value is -3.11. The van der Waals surface area contributed by atoms with Crippen LogP contribution in [0.2, 0.25) is 0 Å². The second kappa shape index (κ2) is 9.01. The number of ether oxygens (including phenoxy) is 2. The average molecular weight is 370 g/mol. The first-order valence-corrected chi connectivity index (χ1v) is 8.59. The first kappa shape index (κ1) is 20.2. The number of methoxy groups -OCH3 is 1. The molecule has 1 N–H and O–H groups in total. The number of aromatic hydroxyl groups is 1. The maximum absolute atomic E-state index is 13.0. The molecule has 0 bridgehead atoms. The molecule has 0 unspecified atom stereocenters. The minimum Gasteiger partial charge on any atom is -0.494 e. The van der Waals surface area contributed by atoms with Crippen LogP contribution in [0.4, 0.5) is 0 Å². The van der Waals surface area contributed by atoms with Crippen molar-refractivity contribution in [2.24, 2.45) is 0 Å². The number of hydrogen-bond donors (Lipinski definition) is 1. The summed E-state index contributed by atoms with van der Waals surface area (Å²) in [7, 11) is 1.53. The number of benzene rings is 1. The molecule has 0 spiro atoms.